The van der Waals surface area contributed by atoms with Gasteiger partial charge in [0, 0.05) is 17.5 Å². The number of rotatable bonds is 6. The Labute approximate surface area is 207 Å². The average molecular weight is 507 g/mol. The van der Waals surface area contributed by atoms with Gasteiger partial charge in [0.1, 0.15) is 23.1 Å². The third-order valence-corrected chi connectivity index (χ3v) is 6.14. The summed E-state index contributed by atoms with van der Waals surface area (Å²) in [5, 5.41) is 7.20. The monoisotopic (exact) mass is 507 g/mol. The lowest BCUT2D eigenvalue weighted by Crippen LogP contribution is -2.37. The standard InChI is InChI=1S/C24H19F2N7O4/c1-24(8-15(27)34)16-18(22(35)37-2)29-20(30-19(16)31-23(24)36)17-13-7-12(25)9-28-21(13)33(32-17)10-11-5-3-4-6-14(11)26/h3-7,9H,8,10H2,1-2H3,(H2,27,34)(H,29,30,31,36). The van der Waals surface area contributed by atoms with E-state index in [1.165, 1.54) is 17.7 Å². The lowest BCUT2D eigenvalue weighted by atomic mass is 9.80. The van der Waals surface area contributed by atoms with Crippen LogP contribution in [-0.2, 0) is 26.3 Å². The maximum atomic E-state index is 14.3. The van der Waals surface area contributed by atoms with E-state index in [0.29, 0.717) is 5.56 Å². The van der Waals surface area contributed by atoms with Crippen molar-refractivity contribution in [1.82, 2.24) is 24.7 Å². The van der Waals surface area contributed by atoms with Gasteiger partial charge in [-0.3, -0.25) is 9.59 Å². The van der Waals surface area contributed by atoms with E-state index in [1.54, 1.807) is 18.2 Å². The number of nitrogens with one attached hydrogen (secondary N) is 1. The fourth-order valence-corrected chi connectivity index (χ4v) is 4.40. The highest BCUT2D eigenvalue weighted by Crippen LogP contribution is 2.42. The summed E-state index contributed by atoms with van der Waals surface area (Å²) in [6, 6.07) is 7.24. The molecule has 188 valence electrons. The maximum absolute atomic E-state index is 14.3. The molecule has 3 N–H and O–H groups in total. The number of halogens is 2. The molecule has 1 aliphatic heterocycles. The molecule has 0 aliphatic carbocycles. The van der Waals surface area contributed by atoms with Crippen LogP contribution in [0.1, 0.15) is 35.0 Å². The summed E-state index contributed by atoms with van der Waals surface area (Å²) in [5.41, 5.74) is 4.14. The molecule has 0 saturated heterocycles. The number of esters is 1. The van der Waals surface area contributed by atoms with Crippen LogP contribution in [0.3, 0.4) is 0 Å². The molecule has 5 rings (SSSR count). The van der Waals surface area contributed by atoms with Crippen LogP contribution in [0.25, 0.3) is 22.6 Å². The first-order valence-electron chi connectivity index (χ1n) is 11.0. The number of amides is 2. The first kappa shape index (κ1) is 23.9. The fraction of sp³-hybridized carbons (Fsp3) is 0.208. The van der Waals surface area contributed by atoms with Crippen LogP contribution in [0.15, 0.2) is 36.5 Å². The second kappa shape index (κ2) is 8.69. The number of fused-ring (bicyclic) bond motifs is 2. The Balaban J connectivity index is 1.73. The van der Waals surface area contributed by atoms with Crippen molar-refractivity contribution in [3.63, 3.8) is 0 Å². The van der Waals surface area contributed by atoms with Crippen molar-refractivity contribution in [2.24, 2.45) is 5.73 Å². The first-order valence-corrected chi connectivity index (χ1v) is 11.0. The Hall–Kier alpha value is -4.81. The molecule has 0 fully saturated rings. The van der Waals surface area contributed by atoms with E-state index in [9.17, 15) is 23.2 Å². The number of carbonyl (C=O) groups is 3. The van der Waals surface area contributed by atoms with Gasteiger partial charge in [-0.15, -0.1) is 0 Å². The molecule has 13 heteroatoms. The summed E-state index contributed by atoms with van der Waals surface area (Å²) >= 11 is 0. The van der Waals surface area contributed by atoms with Gasteiger partial charge in [-0.05, 0) is 19.1 Å². The topological polar surface area (TPSA) is 155 Å². The van der Waals surface area contributed by atoms with Gasteiger partial charge in [0.05, 0.1) is 30.7 Å². The number of aromatic nitrogens is 5. The number of methoxy groups -OCH3 is 1. The van der Waals surface area contributed by atoms with E-state index in [-0.39, 0.29) is 46.2 Å². The predicted octanol–water partition coefficient (Wildman–Crippen LogP) is 2.09. The second-order valence-corrected chi connectivity index (χ2v) is 8.66. The molecule has 3 aromatic heterocycles. The minimum atomic E-state index is -1.52. The number of ether oxygens (including phenoxy) is 1. The lowest BCUT2D eigenvalue weighted by molar-refractivity contribution is -0.126. The second-order valence-electron chi connectivity index (χ2n) is 8.66. The van der Waals surface area contributed by atoms with E-state index < -0.39 is 41.3 Å². The number of primary amides is 1. The molecule has 1 aromatic carbocycles. The van der Waals surface area contributed by atoms with E-state index in [1.807, 2.05) is 0 Å². The zero-order chi connectivity index (χ0) is 26.5. The summed E-state index contributed by atoms with van der Waals surface area (Å²) in [6.07, 6.45) is 0.582. The molecular weight excluding hydrogens is 488 g/mol. The van der Waals surface area contributed by atoms with Gasteiger partial charge in [0.2, 0.25) is 11.8 Å². The van der Waals surface area contributed by atoms with Crippen molar-refractivity contribution in [1.29, 1.82) is 0 Å². The minimum absolute atomic E-state index is 0.0315. The maximum Gasteiger partial charge on any atom is 0.357 e. The molecule has 1 unspecified atom stereocenters. The third kappa shape index (κ3) is 3.93. The number of pyridine rings is 1. The Morgan fingerprint density at radius 1 is 1.22 bits per heavy atom. The molecular formula is C24H19F2N7O4. The number of hydrogen-bond acceptors (Lipinski definition) is 8. The minimum Gasteiger partial charge on any atom is -0.464 e. The van der Waals surface area contributed by atoms with Crippen molar-refractivity contribution >= 4 is 34.6 Å². The predicted molar refractivity (Wildman–Crippen MR) is 125 cm³/mol. The van der Waals surface area contributed by atoms with Gasteiger partial charge in [-0.1, -0.05) is 18.2 Å². The zero-order valence-electron chi connectivity index (χ0n) is 19.6. The Morgan fingerprint density at radius 2 is 1.97 bits per heavy atom. The van der Waals surface area contributed by atoms with E-state index in [0.717, 1.165) is 19.4 Å². The molecule has 11 nitrogen and oxygen atoms in total. The van der Waals surface area contributed by atoms with Gasteiger partial charge < -0.3 is 15.8 Å². The number of anilines is 1. The van der Waals surface area contributed by atoms with Crippen LogP contribution in [0, 0.1) is 11.6 Å². The smallest absolute Gasteiger partial charge is 0.357 e. The number of nitrogens with two attached hydrogens (primary N) is 1. The van der Waals surface area contributed by atoms with Gasteiger partial charge in [-0.25, -0.2) is 33.2 Å². The Morgan fingerprint density at radius 3 is 2.68 bits per heavy atom. The summed E-state index contributed by atoms with van der Waals surface area (Å²) in [7, 11) is 1.13. The van der Waals surface area contributed by atoms with Gasteiger partial charge >= 0.3 is 5.97 Å². The number of nitrogens with zero attached hydrogens (tertiary/aromatic N) is 5. The van der Waals surface area contributed by atoms with Crippen molar-refractivity contribution in [2.45, 2.75) is 25.3 Å². The van der Waals surface area contributed by atoms with E-state index >= 15 is 0 Å². The summed E-state index contributed by atoms with van der Waals surface area (Å²) in [4.78, 5) is 50.1. The summed E-state index contributed by atoms with van der Waals surface area (Å²) < 4.78 is 34.8. The molecule has 37 heavy (non-hydrogen) atoms. The SMILES string of the molecule is COC(=O)c1nc(-c2nn(Cc3ccccc3F)c3ncc(F)cc23)nc2c1C(C)(CC(N)=O)C(=O)N2. The molecule has 2 amide bonds. The number of benzene rings is 1. The fourth-order valence-electron chi connectivity index (χ4n) is 4.40. The molecule has 0 spiro atoms. The summed E-state index contributed by atoms with van der Waals surface area (Å²) in [6.45, 7) is 1.40. The molecule has 1 atom stereocenters. The Kier molecular flexibility index (Phi) is 5.62. The summed E-state index contributed by atoms with van der Waals surface area (Å²) in [5.74, 6) is -3.60. The van der Waals surface area contributed by atoms with Crippen molar-refractivity contribution < 1.29 is 27.9 Å². The first-order chi connectivity index (χ1) is 17.6. The number of carbonyl (C=O) groups excluding carboxylic acids is 3. The lowest BCUT2D eigenvalue weighted by Gasteiger charge is -2.21. The average Bonchev–Trinajstić information content (AvgIpc) is 3.32. The van der Waals surface area contributed by atoms with Crippen LogP contribution in [0.4, 0.5) is 14.6 Å². The zero-order valence-corrected chi connectivity index (χ0v) is 19.6. The molecule has 4 heterocycles. The molecule has 1 aliphatic rings. The Bertz CT molecular complexity index is 1620. The van der Waals surface area contributed by atoms with Crippen LogP contribution in [-0.4, -0.2) is 49.6 Å². The molecule has 0 bridgehead atoms. The molecule has 0 saturated carbocycles. The van der Waals surface area contributed by atoms with Crippen molar-refractivity contribution in [2.75, 3.05) is 12.4 Å². The van der Waals surface area contributed by atoms with Gasteiger partial charge in [0.25, 0.3) is 0 Å². The third-order valence-electron chi connectivity index (χ3n) is 6.14. The van der Waals surface area contributed by atoms with E-state index in [4.69, 9.17) is 10.5 Å². The van der Waals surface area contributed by atoms with Crippen LogP contribution in [0.2, 0.25) is 0 Å². The molecule has 0 radical (unpaired) electrons. The highest BCUT2D eigenvalue weighted by atomic mass is 19.1. The highest BCUT2D eigenvalue weighted by Gasteiger charge is 2.48. The quantitative estimate of drug-likeness (QED) is 0.376. The van der Waals surface area contributed by atoms with Gasteiger partial charge in [-0.2, -0.15) is 5.10 Å². The molecule has 4 aromatic rings. The van der Waals surface area contributed by atoms with Crippen molar-refractivity contribution in [3.8, 4) is 11.5 Å². The largest absolute Gasteiger partial charge is 0.464 e. The van der Waals surface area contributed by atoms with Crippen LogP contribution >= 0.6 is 0 Å². The van der Waals surface area contributed by atoms with Gasteiger partial charge in [0.15, 0.2) is 17.2 Å². The van der Waals surface area contributed by atoms with E-state index in [2.05, 4.69) is 25.4 Å². The highest BCUT2D eigenvalue weighted by molar-refractivity contribution is 6.10. The number of hydrogen-bond donors (Lipinski definition) is 2. The van der Waals surface area contributed by atoms with Crippen LogP contribution in [0.5, 0.6) is 0 Å². The van der Waals surface area contributed by atoms with Crippen molar-refractivity contribution in [3.05, 3.63) is 65.0 Å². The normalized spacial score (nSPS) is 16.5. The van der Waals surface area contributed by atoms with Crippen LogP contribution < -0.4 is 11.1 Å².